The van der Waals surface area contributed by atoms with Crippen molar-refractivity contribution in [2.45, 2.75) is 26.5 Å². The second-order valence-electron chi connectivity index (χ2n) is 8.28. The van der Waals surface area contributed by atoms with Crippen molar-refractivity contribution in [3.63, 3.8) is 0 Å². The molecule has 0 aliphatic carbocycles. The molecular formula is C27H24NO4+. The Balaban J connectivity index is 1.45. The van der Waals surface area contributed by atoms with Gasteiger partial charge in [0.25, 0.3) is 0 Å². The summed E-state index contributed by atoms with van der Waals surface area (Å²) in [5, 5.41) is 2.16. The summed E-state index contributed by atoms with van der Waals surface area (Å²) in [7, 11) is 1.69. The van der Waals surface area contributed by atoms with Gasteiger partial charge in [-0.25, -0.2) is 0 Å². The molecule has 5 heteroatoms. The topological polar surface area (TPSA) is 40.8 Å². The summed E-state index contributed by atoms with van der Waals surface area (Å²) in [6.07, 6.45) is 3.13. The highest BCUT2D eigenvalue weighted by Crippen LogP contribution is 2.41. The van der Waals surface area contributed by atoms with Crippen molar-refractivity contribution in [2.75, 3.05) is 13.9 Å². The minimum atomic E-state index is 0.289. The fourth-order valence-corrected chi connectivity index (χ4v) is 4.63. The molecule has 32 heavy (non-hydrogen) atoms. The Bertz CT molecular complexity index is 1360. The molecule has 3 heterocycles. The predicted molar refractivity (Wildman–Crippen MR) is 121 cm³/mol. The van der Waals surface area contributed by atoms with Gasteiger partial charge in [-0.2, -0.15) is 4.57 Å². The zero-order valence-corrected chi connectivity index (χ0v) is 18.2. The van der Waals surface area contributed by atoms with E-state index < -0.39 is 0 Å². The molecule has 0 bridgehead atoms. The number of benzene rings is 3. The molecule has 0 amide bonds. The molecule has 0 unspecified atom stereocenters. The number of fused-ring (bicyclic) bond motifs is 5. The molecular weight excluding hydrogens is 402 g/mol. The largest absolute Gasteiger partial charge is 0.493 e. The van der Waals surface area contributed by atoms with Crippen LogP contribution in [0, 0.1) is 6.92 Å². The third-order valence-corrected chi connectivity index (χ3v) is 6.43. The maximum absolute atomic E-state index is 6.35. The number of aromatic nitrogens is 1. The maximum Gasteiger partial charge on any atom is 0.231 e. The number of aryl methyl sites for hydroxylation is 3. The van der Waals surface area contributed by atoms with Gasteiger partial charge in [-0.1, -0.05) is 24.3 Å². The normalized spacial score (nSPS) is 13.6. The lowest BCUT2D eigenvalue weighted by Gasteiger charge is -2.18. The van der Waals surface area contributed by atoms with Crippen LogP contribution in [0.2, 0.25) is 0 Å². The van der Waals surface area contributed by atoms with Crippen LogP contribution < -0.4 is 23.5 Å². The predicted octanol–water partition coefficient (Wildman–Crippen LogP) is 4.98. The van der Waals surface area contributed by atoms with Crippen molar-refractivity contribution >= 4 is 10.8 Å². The number of hydrogen-bond acceptors (Lipinski definition) is 4. The van der Waals surface area contributed by atoms with Crippen molar-refractivity contribution in [3.05, 3.63) is 77.5 Å². The van der Waals surface area contributed by atoms with E-state index in [1.165, 1.54) is 27.9 Å². The van der Waals surface area contributed by atoms with Gasteiger partial charge in [-0.3, -0.25) is 0 Å². The van der Waals surface area contributed by atoms with E-state index in [0.717, 1.165) is 46.7 Å². The number of hydrogen-bond donors (Lipinski definition) is 0. The Kier molecular flexibility index (Phi) is 4.42. The van der Waals surface area contributed by atoms with E-state index in [4.69, 9.17) is 18.9 Å². The van der Waals surface area contributed by atoms with Crippen LogP contribution in [0.4, 0.5) is 0 Å². The van der Waals surface area contributed by atoms with Crippen molar-refractivity contribution in [1.29, 1.82) is 0 Å². The van der Waals surface area contributed by atoms with E-state index >= 15 is 0 Å². The highest BCUT2D eigenvalue weighted by atomic mass is 16.7. The third-order valence-electron chi connectivity index (χ3n) is 6.43. The molecule has 2 aliphatic rings. The number of ether oxygens (including phenoxy) is 4. The van der Waals surface area contributed by atoms with Crippen LogP contribution in [0.25, 0.3) is 22.0 Å². The molecule has 4 aromatic rings. The molecule has 0 N–H and O–H groups in total. The number of methoxy groups -OCH3 is 1. The van der Waals surface area contributed by atoms with Crippen LogP contribution in [-0.4, -0.2) is 13.9 Å². The smallest absolute Gasteiger partial charge is 0.231 e. The summed E-state index contributed by atoms with van der Waals surface area (Å²) in [5.41, 5.74) is 6.04. The molecule has 1 aromatic heterocycles. The minimum absolute atomic E-state index is 0.289. The average molecular weight is 426 g/mol. The Hall–Kier alpha value is -3.73. The lowest BCUT2D eigenvalue weighted by Crippen LogP contribution is -2.40. The first-order valence-electron chi connectivity index (χ1n) is 10.9. The van der Waals surface area contributed by atoms with Gasteiger partial charge in [0.1, 0.15) is 6.61 Å². The van der Waals surface area contributed by atoms with Crippen LogP contribution in [0.3, 0.4) is 0 Å². The van der Waals surface area contributed by atoms with Gasteiger partial charge in [0.15, 0.2) is 35.7 Å². The van der Waals surface area contributed by atoms with Gasteiger partial charge in [0, 0.05) is 12.5 Å². The number of pyridine rings is 1. The lowest BCUT2D eigenvalue weighted by molar-refractivity contribution is -0.686. The van der Waals surface area contributed by atoms with Crippen molar-refractivity contribution < 1.29 is 23.5 Å². The number of nitrogens with zero attached hydrogens (tertiary/aromatic N) is 1. The van der Waals surface area contributed by atoms with E-state index in [1.807, 2.05) is 18.2 Å². The van der Waals surface area contributed by atoms with E-state index in [2.05, 4.69) is 54.1 Å². The lowest BCUT2D eigenvalue weighted by atomic mass is 9.95. The fourth-order valence-electron chi connectivity index (χ4n) is 4.63. The molecule has 0 saturated heterocycles. The van der Waals surface area contributed by atoms with Crippen LogP contribution in [0.1, 0.15) is 16.7 Å². The van der Waals surface area contributed by atoms with Crippen LogP contribution in [0.5, 0.6) is 23.0 Å². The zero-order valence-electron chi connectivity index (χ0n) is 18.2. The summed E-state index contributed by atoms with van der Waals surface area (Å²) in [5.74, 6) is 3.18. The fraction of sp³-hybridized carbons (Fsp3) is 0.222. The van der Waals surface area contributed by atoms with E-state index in [1.54, 1.807) is 7.11 Å². The van der Waals surface area contributed by atoms with Crippen LogP contribution in [-0.2, 0) is 19.6 Å². The molecule has 0 radical (unpaired) electrons. The Morgan fingerprint density at radius 3 is 2.69 bits per heavy atom. The monoisotopic (exact) mass is 426 g/mol. The van der Waals surface area contributed by atoms with Crippen molar-refractivity contribution in [2.24, 2.45) is 0 Å². The maximum atomic E-state index is 6.35. The Labute approximate surface area is 186 Å². The summed E-state index contributed by atoms with van der Waals surface area (Å²) < 4.78 is 25.5. The SMILES string of the molecule is COc1ccc2cc3[n+](cc2c1OCc1ccccc1C)CCc1cc2c(cc1-3)OCO2. The average Bonchev–Trinajstić information content (AvgIpc) is 3.28. The van der Waals surface area contributed by atoms with Gasteiger partial charge < -0.3 is 18.9 Å². The highest BCUT2D eigenvalue weighted by molar-refractivity contribution is 5.91. The molecule has 6 rings (SSSR count). The van der Waals surface area contributed by atoms with Crippen LogP contribution >= 0.6 is 0 Å². The second kappa shape index (κ2) is 7.45. The van der Waals surface area contributed by atoms with E-state index in [9.17, 15) is 0 Å². The van der Waals surface area contributed by atoms with Crippen LogP contribution in [0.15, 0.2) is 60.8 Å². The molecule has 160 valence electrons. The quantitative estimate of drug-likeness (QED) is 0.432. The van der Waals surface area contributed by atoms with E-state index in [0.29, 0.717) is 6.61 Å². The first-order valence-corrected chi connectivity index (χ1v) is 10.9. The molecule has 3 aromatic carbocycles. The van der Waals surface area contributed by atoms with Crippen molar-refractivity contribution in [3.8, 4) is 34.3 Å². The first-order chi connectivity index (χ1) is 15.7. The highest BCUT2D eigenvalue weighted by Gasteiger charge is 2.28. The minimum Gasteiger partial charge on any atom is -0.493 e. The molecule has 5 nitrogen and oxygen atoms in total. The second-order valence-corrected chi connectivity index (χ2v) is 8.28. The molecule has 0 spiro atoms. The first kappa shape index (κ1) is 19.0. The van der Waals surface area contributed by atoms with Gasteiger partial charge in [-0.05, 0) is 53.3 Å². The molecule has 0 fully saturated rings. The van der Waals surface area contributed by atoms with Gasteiger partial charge in [0.2, 0.25) is 12.5 Å². The Morgan fingerprint density at radius 1 is 1.00 bits per heavy atom. The summed E-state index contributed by atoms with van der Waals surface area (Å²) >= 11 is 0. The van der Waals surface area contributed by atoms with Gasteiger partial charge >= 0.3 is 0 Å². The van der Waals surface area contributed by atoms with Crippen molar-refractivity contribution in [1.82, 2.24) is 0 Å². The zero-order chi connectivity index (χ0) is 21.7. The summed E-state index contributed by atoms with van der Waals surface area (Å²) in [6.45, 7) is 3.79. The molecule has 2 aliphatic heterocycles. The summed E-state index contributed by atoms with van der Waals surface area (Å²) in [6, 6.07) is 18.8. The standard InChI is InChI=1S/C27H24NO4/c1-17-5-3-4-6-20(17)15-30-27-22-14-28-10-9-19-12-25-26(32-16-31-25)13-21(19)23(28)11-18(22)7-8-24(27)29-2/h3-8,11-14H,9-10,15-16H2,1-2H3/q+1. The number of rotatable bonds is 4. The molecule has 0 atom stereocenters. The van der Waals surface area contributed by atoms with Gasteiger partial charge in [0.05, 0.1) is 18.1 Å². The Morgan fingerprint density at radius 2 is 1.84 bits per heavy atom. The van der Waals surface area contributed by atoms with E-state index in [-0.39, 0.29) is 6.79 Å². The van der Waals surface area contributed by atoms with Gasteiger partial charge in [-0.15, -0.1) is 0 Å². The summed E-state index contributed by atoms with van der Waals surface area (Å²) in [4.78, 5) is 0. The molecule has 0 saturated carbocycles. The third kappa shape index (κ3) is 3.04.